The molecule has 1 aromatic carbocycles. The molecular weight excluding hydrogens is 385 g/mol. The van der Waals surface area contributed by atoms with Crippen LogP contribution in [-0.2, 0) is 25.9 Å². The SMILES string of the molecule is CCCO[Si](CCCCCc1cccc(C(F)(F)F)c1)(OCCC)OCCC. The Morgan fingerprint density at radius 2 is 1.39 bits per heavy atom. The molecule has 0 unspecified atom stereocenters. The first kappa shape index (κ1) is 25.1. The number of unbranched alkanes of at least 4 members (excludes halogenated alkanes) is 2. The number of hydrogen-bond acceptors (Lipinski definition) is 3. The topological polar surface area (TPSA) is 27.7 Å². The van der Waals surface area contributed by atoms with Crippen LogP contribution in [0.5, 0.6) is 0 Å². The standard InChI is InChI=1S/C21H35F3O3Si/c1-4-14-25-28(26-15-5-2,27-16-6-3)17-9-7-8-11-19-12-10-13-20(18-19)21(22,23)24/h10,12-13,18H,4-9,11,14-17H2,1-3H3. The van der Waals surface area contributed by atoms with E-state index in [9.17, 15) is 13.2 Å². The lowest BCUT2D eigenvalue weighted by molar-refractivity contribution is -0.137. The number of benzene rings is 1. The minimum atomic E-state index is -4.29. The van der Waals surface area contributed by atoms with E-state index in [1.165, 1.54) is 12.1 Å². The Kier molecular flexibility index (Phi) is 12.0. The van der Waals surface area contributed by atoms with Crippen molar-refractivity contribution in [3.63, 3.8) is 0 Å². The van der Waals surface area contributed by atoms with Crippen molar-refractivity contribution in [1.82, 2.24) is 0 Å². The van der Waals surface area contributed by atoms with E-state index in [-0.39, 0.29) is 0 Å². The van der Waals surface area contributed by atoms with E-state index >= 15 is 0 Å². The van der Waals surface area contributed by atoms with Gasteiger partial charge in [-0.3, -0.25) is 0 Å². The van der Waals surface area contributed by atoms with Gasteiger partial charge in [-0.05, 0) is 50.2 Å². The maximum atomic E-state index is 12.8. The van der Waals surface area contributed by atoms with Gasteiger partial charge in [0, 0.05) is 25.9 Å². The zero-order valence-corrected chi connectivity index (χ0v) is 18.4. The van der Waals surface area contributed by atoms with Crippen molar-refractivity contribution in [3.05, 3.63) is 35.4 Å². The van der Waals surface area contributed by atoms with Crippen LogP contribution in [0, 0.1) is 0 Å². The molecule has 0 radical (unpaired) electrons. The molecule has 3 nitrogen and oxygen atoms in total. The summed E-state index contributed by atoms with van der Waals surface area (Å²) in [6.45, 7) is 8.08. The molecule has 0 N–H and O–H groups in total. The second kappa shape index (κ2) is 13.4. The number of hydrogen-bond donors (Lipinski definition) is 0. The molecule has 0 atom stereocenters. The number of alkyl halides is 3. The number of rotatable bonds is 15. The van der Waals surface area contributed by atoms with E-state index in [0.29, 0.717) is 26.2 Å². The van der Waals surface area contributed by atoms with E-state index in [4.69, 9.17) is 13.3 Å². The van der Waals surface area contributed by atoms with Crippen LogP contribution >= 0.6 is 0 Å². The van der Waals surface area contributed by atoms with Crippen molar-refractivity contribution >= 4 is 8.80 Å². The summed E-state index contributed by atoms with van der Waals surface area (Å²) in [6.07, 6.45) is 1.72. The number of halogens is 3. The Hall–Kier alpha value is -0.893. The van der Waals surface area contributed by atoms with Crippen molar-refractivity contribution in [1.29, 1.82) is 0 Å². The van der Waals surface area contributed by atoms with Crippen molar-refractivity contribution in [2.75, 3.05) is 19.8 Å². The quantitative estimate of drug-likeness (QED) is 0.235. The van der Waals surface area contributed by atoms with Gasteiger partial charge in [-0.1, -0.05) is 45.4 Å². The van der Waals surface area contributed by atoms with Crippen LogP contribution in [0.15, 0.2) is 24.3 Å². The van der Waals surface area contributed by atoms with E-state index < -0.39 is 20.5 Å². The van der Waals surface area contributed by atoms with Gasteiger partial charge in [0.1, 0.15) is 0 Å². The Morgan fingerprint density at radius 1 is 0.821 bits per heavy atom. The maximum absolute atomic E-state index is 12.8. The molecular formula is C21H35F3O3Si. The van der Waals surface area contributed by atoms with Crippen LogP contribution in [-0.4, -0.2) is 28.6 Å². The van der Waals surface area contributed by atoms with E-state index in [0.717, 1.165) is 56.2 Å². The lowest BCUT2D eigenvalue weighted by Crippen LogP contribution is -2.46. The fourth-order valence-corrected chi connectivity index (χ4v) is 5.78. The van der Waals surface area contributed by atoms with Crippen molar-refractivity contribution < 1.29 is 26.4 Å². The summed E-state index contributed by atoms with van der Waals surface area (Å²) < 4.78 is 56.6. The number of aryl methyl sites for hydroxylation is 1. The zero-order valence-electron chi connectivity index (χ0n) is 17.4. The minimum absolute atomic E-state index is 0.578. The second-order valence-electron chi connectivity index (χ2n) is 6.99. The van der Waals surface area contributed by atoms with Crippen molar-refractivity contribution in [3.8, 4) is 0 Å². The lowest BCUT2D eigenvalue weighted by atomic mass is 10.0. The van der Waals surface area contributed by atoms with Crippen LogP contribution < -0.4 is 0 Å². The molecule has 0 aliphatic carbocycles. The molecule has 0 saturated heterocycles. The van der Waals surface area contributed by atoms with Gasteiger partial charge < -0.3 is 13.3 Å². The fourth-order valence-electron chi connectivity index (χ4n) is 2.86. The fraction of sp³-hybridized carbons (Fsp3) is 0.714. The summed E-state index contributed by atoms with van der Waals surface area (Å²) in [5, 5.41) is 0. The van der Waals surface area contributed by atoms with Gasteiger partial charge >= 0.3 is 15.0 Å². The molecule has 162 valence electrons. The van der Waals surface area contributed by atoms with Crippen molar-refractivity contribution in [2.24, 2.45) is 0 Å². The highest BCUT2D eigenvalue weighted by molar-refractivity contribution is 6.60. The van der Waals surface area contributed by atoms with E-state index in [2.05, 4.69) is 20.8 Å². The van der Waals surface area contributed by atoms with E-state index in [1.807, 2.05) is 0 Å². The van der Waals surface area contributed by atoms with Crippen LogP contribution in [0.2, 0.25) is 6.04 Å². The molecule has 0 aromatic heterocycles. The summed E-state index contributed by atoms with van der Waals surface area (Å²) in [6, 6.07) is 6.36. The highest BCUT2D eigenvalue weighted by Crippen LogP contribution is 2.30. The van der Waals surface area contributed by atoms with Crippen molar-refractivity contribution in [2.45, 2.75) is 77.9 Å². The highest BCUT2D eigenvalue weighted by atomic mass is 28.4. The summed E-state index contributed by atoms with van der Waals surface area (Å²) in [4.78, 5) is 0. The smallest absolute Gasteiger partial charge is 0.373 e. The third-order valence-corrected chi connectivity index (χ3v) is 7.18. The van der Waals surface area contributed by atoms with Crippen LogP contribution in [0.25, 0.3) is 0 Å². The molecule has 1 rings (SSSR count). The lowest BCUT2D eigenvalue weighted by Gasteiger charge is -2.29. The molecule has 0 fully saturated rings. The highest BCUT2D eigenvalue weighted by Gasteiger charge is 2.40. The molecule has 1 aromatic rings. The Labute approximate surface area is 168 Å². The molecule has 0 bridgehead atoms. The third-order valence-electron chi connectivity index (χ3n) is 4.28. The van der Waals surface area contributed by atoms with Gasteiger partial charge in [-0.25, -0.2) is 0 Å². The molecule has 0 saturated carbocycles. The monoisotopic (exact) mass is 420 g/mol. The molecule has 0 aliphatic heterocycles. The minimum Gasteiger partial charge on any atom is -0.373 e. The largest absolute Gasteiger partial charge is 0.500 e. The Bertz CT molecular complexity index is 516. The molecule has 0 heterocycles. The van der Waals surface area contributed by atoms with E-state index in [1.54, 1.807) is 6.07 Å². The predicted octanol–water partition coefficient (Wildman–Crippen LogP) is 6.64. The van der Waals surface area contributed by atoms with Gasteiger partial charge in [-0.15, -0.1) is 0 Å². The van der Waals surface area contributed by atoms with Gasteiger partial charge in [0.2, 0.25) is 0 Å². The first-order valence-electron chi connectivity index (χ1n) is 10.4. The molecule has 0 amide bonds. The maximum Gasteiger partial charge on any atom is 0.500 e. The van der Waals surface area contributed by atoms with Gasteiger partial charge in [0.25, 0.3) is 0 Å². The Morgan fingerprint density at radius 3 is 1.89 bits per heavy atom. The third kappa shape index (κ3) is 9.54. The molecule has 7 heteroatoms. The van der Waals surface area contributed by atoms with Gasteiger partial charge in [-0.2, -0.15) is 13.2 Å². The summed E-state index contributed by atoms with van der Waals surface area (Å²) in [7, 11) is -2.67. The van der Waals surface area contributed by atoms with Gasteiger partial charge in [0.05, 0.1) is 5.56 Å². The normalized spacial score (nSPS) is 12.5. The first-order valence-corrected chi connectivity index (χ1v) is 12.4. The predicted molar refractivity (Wildman–Crippen MR) is 108 cm³/mol. The summed E-state index contributed by atoms with van der Waals surface area (Å²) in [5.74, 6) is 0. The average Bonchev–Trinajstić information content (AvgIpc) is 2.68. The second-order valence-corrected chi connectivity index (χ2v) is 9.72. The Balaban J connectivity index is 2.53. The molecule has 0 aliphatic rings. The average molecular weight is 421 g/mol. The van der Waals surface area contributed by atoms with Crippen LogP contribution in [0.1, 0.15) is 70.4 Å². The molecule has 0 spiro atoms. The zero-order chi connectivity index (χ0) is 20.9. The summed E-state index contributed by atoms with van der Waals surface area (Å²) >= 11 is 0. The van der Waals surface area contributed by atoms with Gasteiger partial charge in [0.15, 0.2) is 0 Å². The molecule has 28 heavy (non-hydrogen) atoms. The summed E-state index contributed by atoms with van der Waals surface area (Å²) in [5.41, 5.74) is 0.148. The van der Waals surface area contributed by atoms with Crippen LogP contribution in [0.3, 0.4) is 0 Å². The first-order chi connectivity index (χ1) is 13.4. The van der Waals surface area contributed by atoms with Crippen LogP contribution in [0.4, 0.5) is 13.2 Å².